The molecule has 19 heavy (non-hydrogen) atoms. The van der Waals surface area contributed by atoms with E-state index in [0.29, 0.717) is 12.3 Å². The highest BCUT2D eigenvalue weighted by atomic mass is 16.5. The lowest BCUT2D eigenvalue weighted by Gasteiger charge is -2.33. The topological polar surface area (TPSA) is 84.7 Å². The summed E-state index contributed by atoms with van der Waals surface area (Å²) in [7, 11) is 0. The smallest absolute Gasteiger partial charge is 0.246 e. The summed E-state index contributed by atoms with van der Waals surface area (Å²) in [5.41, 5.74) is 5.91. The minimum absolute atomic E-state index is 0.0584. The zero-order valence-corrected chi connectivity index (χ0v) is 10.8. The van der Waals surface area contributed by atoms with Gasteiger partial charge in [-0.05, 0) is 19.1 Å². The molecular formula is C13H17N3O3. The molecule has 0 bridgehead atoms. The van der Waals surface area contributed by atoms with E-state index in [2.05, 4.69) is 5.32 Å². The lowest BCUT2D eigenvalue weighted by atomic mass is 10.2. The number of nitrogens with one attached hydrogen (secondary N) is 1. The molecule has 0 radical (unpaired) electrons. The van der Waals surface area contributed by atoms with Crippen LogP contribution < -0.4 is 20.7 Å². The number of carbonyl (C=O) groups excluding carboxylic acids is 2. The molecule has 102 valence electrons. The van der Waals surface area contributed by atoms with Gasteiger partial charge in [0.05, 0.1) is 25.3 Å². The van der Waals surface area contributed by atoms with E-state index >= 15 is 0 Å². The van der Waals surface area contributed by atoms with E-state index < -0.39 is 0 Å². The average Bonchev–Trinajstić information content (AvgIpc) is 2.43. The third-order valence-corrected chi connectivity index (χ3v) is 2.85. The minimum Gasteiger partial charge on any atom is -0.487 e. The van der Waals surface area contributed by atoms with Gasteiger partial charge in [-0.3, -0.25) is 9.59 Å². The maximum absolute atomic E-state index is 12.1. The SMILES string of the molecule is CC1CN(C(=O)CNC(=O)CN)c2ccccc2O1. The van der Waals surface area contributed by atoms with Crippen LogP contribution in [-0.4, -0.2) is 37.6 Å². The standard InChI is InChI=1S/C13H17N3O3/c1-9-8-16(13(18)7-15-12(17)6-14)10-4-2-3-5-11(10)19-9/h2-5,9H,6-8,14H2,1H3,(H,15,17). The molecule has 1 atom stereocenters. The summed E-state index contributed by atoms with van der Waals surface area (Å²) in [5.74, 6) is 0.159. The average molecular weight is 263 g/mol. The highest BCUT2D eigenvalue weighted by Gasteiger charge is 2.27. The number of anilines is 1. The molecule has 1 aromatic rings. The molecule has 0 saturated heterocycles. The van der Waals surface area contributed by atoms with Gasteiger partial charge < -0.3 is 20.7 Å². The van der Waals surface area contributed by atoms with Gasteiger partial charge >= 0.3 is 0 Å². The Morgan fingerprint density at radius 1 is 1.47 bits per heavy atom. The zero-order valence-electron chi connectivity index (χ0n) is 10.8. The van der Waals surface area contributed by atoms with Crippen molar-refractivity contribution in [2.45, 2.75) is 13.0 Å². The van der Waals surface area contributed by atoms with E-state index in [0.717, 1.165) is 5.69 Å². The number of benzene rings is 1. The molecule has 6 heteroatoms. The summed E-state index contributed by atoms with van der Waals surface area (Å²) in [6, 6.07) is 7.35. The fraction of sp³-hybridized carbons (Fsp3) is 0.385. The first-order chi connectivity index (χ1) is 9.11. The van der Waals surface area contributed by atoms with Crippen LogP contribution in [0.25, 0.3) is 0 Å². The normalized spacial score (nSPS) is 17.4. The third kappa shape index (κ3) is 3.03. The van der Waals surface area contributed by atoms with Gasteiger partial charge in [0.25, 0.3) is 0 Å². The monoisotopic (exact) mass is 263 g/mol. The van der Waals surface area contributed by atoms with E-state index in [1.54, 1.807) is 4.90 Å². The van der Waals surface area contributed by atoms with Crippen molar-refractivity contribution >= 4 is 17.5 Å². The van der Waals surface area contributed by atoms with Gasteiger partial charge in [0.1, 0.15) is 11.9 Å². The zero-order chi connectivity index (χ0) is 13.8. The van der Waals surface area contributed by atoms with E-state index in [-0.39, 0.29) is 31.0 Å². The first kappa shape index (κ1) is 13.4. The number of para-hydroxylation sites is 2. The Morgan fingerprint density at radius 3 is 2.95 bits per heavy atom. The van der Waals surface area contributed by atoms with Crippen molar-refractivity contribution in [2.24, 2.45) is 5.73 Å². The van der Waals surface area contributed by atoms with Crippen LogP contribution in [0.2, 0.25) is 0 Å². The Hall–Kier alpha value is -2.08. The molecule has 1 unspecified atom stereocenters. The van der Waals surface area contributed by atoms with Gasteiger partial charge in [-0.2, -0.15) is 0 Å². The van der Waals surface area contributed by atoms with Crippen LogP contribution in [0.15, 0.2) is 24.3 Å². The van der Waals surface area contributed by atoms with Gasteiger partial charge in [0, 0.05) is 0 Å². The molecule has 6 nitrogen and oxygen atoms in total. The van der Waals surface area contributed by atoms with Crippen molar-refractivity contribution in [3.05, 3.63) is 24.3 Å². The van der Waals surface area contributed by atoms with Crippen molar-refractivity contribution < 1.29 is 14.3 Å². The first-order valence-electron chi connectivity index (χ1n) is 6.14. The molecule has 0 spiro atoms. The predicted octanol–water partition coefficient (Wildman–Crippen LogP) is -0.125. The first-order valence-corrected chi connectivity index (χ1v) is 6.14. The number of amides is 2. The van der Waals surface area contributed by atoms with Crippen molar-refractivity contribution in [1.82, 2.24) is 5.32 Å². The Kier molecular flexibility index (Phi) is 4.01. The number of nitrogens with zero attached hydrogens (tertiary/aromatic N) is 1. The second-order valence-electron chi connectivity index (χ2n) is 4.38. The van der Waals surface area contributed by atoms with Gasteiger partial charge in [-0.1, -0.05) is 12.1 Å². The van der Waals surface area contributed by atoms with Crippen LogP contribution in [-0.2, 0) is 9.59 Å². The highest BCUT2D eigenvalue weighted by molar-refractivity contribution is 5.98. The highest BCUT2D eigenvalue weighted by Crippen LogP contribution is 2.32. The number of rotatable bonds is 3. The molecule has 2 rings (SSSR count). The summed E-state index contributed by atoms with van der Waals surface area (Å²) < 4.78 is 5.66. The van der Waals surface area contributed by atoms with Crippen LogP contribution in [0.3, 0.4) is 0 Å². The maximum Gasteiger partial charge on any atom is 0.246 e. The van der Waals surface area contributed by atoms with E-state index in [9.17, 15) is 9.59 Å². The Bertz CT molecular complexity index is 490. The van der Waals surface area contributed by atoms with Gasteiger partial charge in [-0.25, -0.2) is 0 Å². The Labute approximate surface area is 111 Å². The molecule has 1 aliphatic heterocycles. The minimum atomic E-state index is -0.344. The molecule has 0 saturated carbocycles. The van der Waals surface area contributed by atoms with Crippen LogP contribution >= 0.6 is 0 Å². The molecule has 1 aliphatic rings. The molecule has 3 N–H and O–H groups in total. The fourth-order valence-electron chi connectivity index (χ4n) is 1.97. The lowest BCUT2D eigenvalue weighted by molar-refractivity contribution is -0.124. The number of fused-ring (bicyclic) bond motifs is 1. The molecule has 1 aromatic carbocycles. The summed E-state index contributed by atoms with van der Waals surface area (Å²) in [4.78, 5) is 24.8. The van der Waals surface area contributed by atoms with E-state index in [1.165, 1.54) is 0 Å². The largest absolute Gasteiger partial charge is 0.487 e. The Morgan fingerprint density at radius 2 is 2.21 bits per heavy atom. The fourth-order valence-corrected chi connectivity index (χ4v) is 1.97. The van der Waals surface area contributed by atoms with E-state index in [1.807, 2.05) is 31.2 Å². The number of hydrogen-bond acceptors (Lipinski definition) is 4. The molecular weight excluding hydrogens is 246 g/mol. The number of ether oxygens (including phenoxy) is 1. The molecule has 0 aliphatic carbocycles. The number of hydrogen-bond donors (Lipinski definition) is 2. The third-order valence-electron chi connectivity index (χ3n) is 2.85. The lowest BCUT2D eigenvalue weighted by Crippen LogP contribution is -2.47. The van der Waals surface area contributed by atoms with Gasteiger partial charge in [0.15, 0.2) is 0 Å². The molecule has 1 heterocycles. The quantitative estimate of drug-likeness (QED) is 0.796. The molecule has 0 fully saturated rings. The van der Waals surface area contributed by atoms with Crippen molar-refractivity contribution in [1.29, 1.82) is 0 Å². The van der Waals surface area contributed by atoms with Crippen LogP contribution in [0, 0.1) is 0 Å². The van der Waals surface area contributed by atoms with Crippen molar-refractivity contribution in [3.63, 3.8) is 0 Å². The molecule has 2 amide bonds. The summed E-state index contributed by atoms with van der Waals surface area (Å²) in [6.45, 7) is 2.18. The number of carbonyl (C=O) groups is 2. The van der Waals surface area contributed by atoms with Crippen molar-refractivity contribution in [2.75, 3.05) is 24.5 Å². The second kappa shape index (κ2) is 5.71. The van der Waals surface area contributed by atoms with Crippen molar-refractivity contribution in [3.8, 4) is 5.75 Å². The second-order valence-corrected chi connectivity index (χ2v) is 4.38. The van der Waals surface area contributed by atoms with Crippen LogP contribution in [0.1, 0.15) is 6.92 Å². The number of nitrogens with two attached hydrogens (primary N) is 1. The van der Waals surface area contributed by atoms with E-state index in [4.69, 9.17) is 10.5 Å². The van der Waals surface area contributed by atoms with Gasteiger partial charge in [0.2, 0.25) is 11.8 Å². The Balaban J connectivity index is 2.11. The molecule has 0 aromatic heterocycles. The maximum atomic E-state index is 12.1. The summed E-state index contributed by atoms with van der Waals surface area (Å²) >= 11 is 0. The van der Waals surface area contributed by atoms with Crippen LogP contribution in [0.5, 0.6) is 5.75 Å². The van der Waals surface area contributed by atoms with Crippen LogP contribution in [0.4, 0.5) is 5.69 Å². The summed E-state index contributed by atoms with van der Waals surface area (Å²) in [5, 5.41) is 2.48. The van der Waals surface area contributed by atoms with Gasteiger partial charge in [-0.15, -0.1) is 0 Å². The summed E-state index contributed by atoms with van der Waals surface area (Å²) in [6.07, 6.45) is -0.0796. The predicted molar refractivity (Wildman–Crippen MR) is 70.9 cm³/mol.